The largest absolute Gasteiger partial charge is 0.492 e. The number of aliphatic hydroxyl groups excluding tert-OH is 1. The Morgan fingerprint density at radius 1 is 1.38 bits per heavy atom. The summed E-state index contributed by atoms with van der Waals surface area (Å²) in [5, 5.41) is 10.4. The number of aromatic amines is 1. The minimum absolute atomic E-state index is 0.417. The zero-order chi connectivity index (χ0) is 17.1. The van der Waals surface area contributed by atoms with Gasteiger partial charge in [-0.05, 0) is 37.0 Å². The normalized spacial score (nSPS) is 16.5. The highest BCUT2D eigenvalue weighted by molar-refractivity contribution is 5.38. The van der Waals surface area contributed by atoms with E-state index in [0.29, 0.717) is 12.5 Å². The number of aromatic nitrogens is 2. The third-order valence-corrected chi connectivity index (χ3v) is 4.35. The molecular formula is C19H27N3O2. The van der Waals surface area contributed by atoms with Gasteiger partial charge in [-0.25, -0.2) is 4.98 Å². The van der Waals surface area contributed by atoms with Crippen molar-refractivity contribution in [1.29, 1.82) is 0 Å². The number of hydrogen-bond donors (Lipinski definition) is 2. The van der Waals surface area contributed by atoms with E-state index in [2.05, 4.69) is 34.8 Å². The van der Waals surface area contributed by atoms with E-state index in [-0.39, 0.29) is 0 Å². The molecule has 1 atom stereocenters. The molecule has 0 fully saturated rings. The van der Waals surface area contributed by atoms with Gasteiger partial charge in [-0.2, -0.15) is 0 Å². The topological polar surface area (TPSA) is 61.4 Å². The highest BCUT2D eigenvalue weighted by Crippen LogP contribution is 2.29. The number of imidazole rings is 1. The first-order valence-corrected chi connectivity index (χ1v) is 8.68. The van der Waals surface area contributed by atoms with Crippen molar-refractivity contribution in [2.75, 3.05) is 13.2 Å². The van der Waals surface area contributed by atoms with E-state index in [1.165, 1.54) is 0 Å². The van der Waals surface area contributed by atoms with E-state index >= 15 is 0 Å². The van der Waals surface area contributed by atoms with Crippen LogP contribution in [-0.2, 0) is 13.1 Å². The lowest BCUT2D eigenvalue weighted by Gasteiger charge is -2.19. The Bertz CT molecular complexity index is 681. The molecule has 1 aliphatic heterocycles. The van der Waals surface area contributed by atoms with Crippen molar-refractivity contribution in [2.45, 2.75) is 46.4 Å². The van der Waals surface area contributed by atoms with Crippen molar-refractivity contribution in [2.24, 2.45) is 5.92 Å². The Labute approximate surface area is 143 Å². The van der Waals surface area contributed by atoms with Crippen LogP contribution in [0, 0.1) is 12.8 Å². The van der Waals surface area contributed by atoms with Gasteiger partial charge in [0.05, 0.1) is 12.6 Å². The number of nitrogens with zero attached hydrogens (tertiary/aromatic N) is 2. The molecule has 1 unspecified atom stereocenters. The molecule has 3 rings (SSSR count). The van der Waals surface area contributed by atoms with E-state index in [1.54, 1.807) is 0 Å². The first-order chi connectivity index (χ1) is 11.5. The minimum Gasteiger partial charge on any atom is -0.492 e. The SMILES string of the molecule is Cc1cnc(CN2CCOc3ccc(C(O)CC(C)C)cc3C2)[nH]1. The summed E-state index contributed by atoms with van der Waals surface area (Å²) in [4.78, 5) is 10.0. The molecule has 5 nitrogen and oxygen atoms in total. The molecule has 24 heavy (non-hydrogen) atoms. The Morgan fingerprint density at radius 2 is 2.21 bits per heavy atom. The Kier molecular flexibility index (Phi) is 5.21. The molecular weight excluding hydrogens is 302 g/mol. The predicted octanol–water partition coefficient (Wildman–Crippen LogP) is 3.19. The monoisotopic (exact) mass is 329 g/mol. The van der Waals surface area contributed by atoms with Crippen molar-refractivity contribution in [1.82, 2.24) is 14.9 Å². The fourth-order valence-corrected chi connectivity index (χ4v) is 3.15. The number of aryl methyl sites for hydroxylation is 1. The van der Waals surface area contributed by atoms with Gasteiger partial charge >= 0.3 is 0 Å². The first-order valence-electron chi connectivity index (χ1n) is 8.68. The van der Waals surface area contributed by atoms with Gasteiger partial charge in [0.2, 0.25) is 0 Å². The van der Waals surface area contributed by atoms with Crippen LogP contribution in [0.3, 0.4) is 0 Å². The molecule has 1 aliphatic rings. The van der Waals surface area contributed by atoms with E-state index < -0.39 is 6.10 Å². The molecule has 0 saturated heterocycles. The third kappa shape index (κ3) is 4.16. The van der Waals surface area contributed by atoms with Crippen molar-refractivity contribution in [3.63, 3.8) is 0 Å². The van der Waals surface area contributed by atoms with Crippen LogP contribution in [0.2, 0.25) is 0 Å². The maximum Gasteiger partial charge on any atom is 0.123 e. The van der Waals surface area contributed by atoms with E-state index in [4.69, 9.17) is 4.74 Å². The number of H-pyrrole nitrogens is 1. The lowest BCUT2D eigenvalue weighted by molar-refractivity contribution is 0.151. The van der Waals surface area contributed by atoms with Crippen LogP contribution < -0.4 is 4.74 Å². The number of ether oxygens (including phenoxy) is 1. The zero-order valence-electron chi connectivity index (χ0n) is 14.7. The molecule has 0 amide bonds. The first kappa shape index (κ1) is 17.0. The third-order valence-electron chi connectivity index (χ3n) is 4.35. The van der Waals surface area contributed by atoms with E-state index in [9.17, 15) is 5.11 Å². The highest BCUT2D eigenvalue weighted by atomic mass is 16.5. The van der Waals surface area contributed by atoms with E-state index in [1.807, 2.05) is 25.3 Å². The second-order valence-electron chi connectivity index (χ2n) is 7.08. The van der Waals surface area contributed by atoms with Crippen LogP contribution in [0.25, 0.3) is 0 Å². The number of benzene rings is 1. The molecule has 1 aromatic carbocycles. The van der Waals surface area contributed by atoms with Crippen LogP contribution in [0.1, 0.15) is 49.0 Å². The summed E-state index contributed by atoms with van der Waals surface area (Å²) in [6, 6.07) is 6.07. The smallest absolute Gasteiger partial charge is 0.123 e. The van der Waals surface area contributed by atoms with Gasteiger partial charge in [0, 0.05) is 30.5 Å². The summed E-state index contributed by atoms with van der Waals surface area (Å²) < 4.78 is 5.88. The maximum absolute atomic E-state index is 10.4. The molecule has 0 bridgehead atoms. The summed E-state index contributed by atoms with van der Waals surface area (Å²) in [6.45, 7) is 9.37. The molecule has 130 valence electrons. The van der Waals surface area contributed by atoms with Gasteiger partial charge in [0.1, 0.15) is 18.2 Å². The number of aliphatic hydroxyl groups is 1. The fourth-order valence-electron chi connectivity index (χ4n) is 3.15. The second kappa shape index (κ2) is 7.36. The Balaban J connectivity index is 1.75. The summed E-state index contributed by atoms with van der Waals surface area (Å²) in [6.07, 6.45) is 2.22. The molecule has 0 aliphatic carbocycles. The number of hydrogen-bond acceptors (Lipinski definition) is 4. The van der Waals surface area contributed by atoms with Gasteiger partial charge in [-0.15, -0.1) is 0 Å². The summed E-state index contributed by atoms with van der Waals surface area (Å²) in [5.74, 6) is 2.37. The molecule has 2 heterocycles. The maximum atomic E-state index is 10.4. The van der Waals surface area contributed by atoms with Gasteiger partial charge < -0.3 is 14.8 Å². The van der Waals surface area contributed by atoms with E-state index in [0.717, 1.165) is 54.4 Å². The standard InChI is InChI=1S/C19H27N3O2/c1-13(2)8-17(23)15-4-5-18-16(9-15)11-22(6-7-24-18)12-19-20-10-14(3)21-19/h4-5,9-10,13,17,23H,6-8,11-12H2,1-3H3,(H,20,21). The molecule has 2 aromatic rings. The van der Waals surface area contributed by atoms with Gasteiger partial charge in [-0.1, -0.05) is 19.9 Å². The van der Waals surface area contributed by atoms with Crippen molar-refractivity contribution >= 4 is 0 Å². The van der Waals surface area contributed by atoms with Crippen LogP contribution in [0.15, 0.2) is 24.4 Å². The lowest BCUT2D eigenvalue weighted by Crippen LogP contribution is -2.25. The van der Waals surface area contributed by atoms with Crippen LogP contribution in [-0.4, -0.2) is 33.1 Å². The molecule has 5 heteroatoms. The number of fused-ring (bicyclic) bond motifs is 1. The Hall–Kier alpha value is -1.85. The second-order valence-corrected chi connectivity index (χ2v) is 7.08. The fraction of sp³-hybridized carbons (Fsp3) is 0.526. The lowest BCUT2D eigenvalue weighted by atomic mass is 9.97. The summed E-state index contributed by atoms with van der Waals surface area (Å²) in [5.41, 5.74) is 3.19. The number of rotatable bonds is 5. The predicted molar refractivity (Wildman–Crippen MR) is 93.8 cm³/mol. The summed E-state index contributed by atoms with van der Waals surface area (Å²) in [7, 11) is 0. The van der Waals surface area contributed by atoms with Crippen molar-refractivity contribution < 1.29 is 9.84 Å². The van der Waals surface area contributed by atoms with Crippen LogP contribution in [0.4, 0.5) is 0 Å². The van der Waals surface area contributed by atoms with Gasteiger partial charge in [0.25, 0.3) is 0 Å². The number of nitrogens with one attached hydrogen (secondary N) is 1. The van der Waals surface area contributed by atoms with Crippen LogP contribution >= 0.6 is 0 Å². The average Bonchev–Trinajstić information content (AvgIpc) is 2.81. The molecule has 0 spiro atoms. The van der Waals surface area contributed by atoms with Crippen molar-refractivity contribution in [3.8, 4) is 5.75 Å². The van der Waals surface area contributed by atoms with Crippen LogP contribution in [0.5, 0.6) is 5.75 Å². The Morgan fingerprint density at radius 3 is 2.92 bits per heavy atom. The molecule has 2 N–H and O–H groups in total. The highest BCUT2D eigenvalue weighted by Gasteiger charge is 2.19. The van der Waals surface area contributed by atoms with Gasteiger partial charge in [0.15, 0.2) is 0 Å². The molecule has 0 radical (unpaired) electrons. The van der Waals surface area contributed by atoms with Gasteiger partial charge in [-0.3, -0.25) is 4.90 Å². The summed E-state index contributed by atoms with van der Waals surface area (Å²) >= 11 is 0. The molecule has 0 saturated carbocycles. The zero-order valence-corrected chi connectivity index (χ0v) is 14.7. The molecule has 1 aromatic heterocycles. The minimum atomic E-state index is -0.417. The average molecular weight is 329 g/mol. The quantitative estimate of drug-likeness (QED) is 0.884. The van der Waals surface area contributed by atoms with Crippen molar-refractivity contribution in [3.05, 3.63) is 47.0 Å².